The van der Waals surface area contributed by atoms with Gasteiger partial charge in [0.05, 0.1) is 5.57 Å². The zero-order valence-electron chi connectivity index (χ0n) is 10.4. The van der Waals surface area contributed by atoms with E-state index in [1.165, 1.54) is 6.07 Å². The van der Waals surface area contributed by atoms with Gasteiger partial charge in [0, 0.05) is 0 Å². The van der Waals surface area contributed by atoms with E-state index in [4.69, 9.17) is 4.74 Å². The van der Waals surface area contributed by atoms with E-state index in [2.05, 4.69) is 0 Å². The predicted molar refractivity (Wildman–Crippen MR) is 67.2 cm³/mol. The standard InChI is InChI=1S/C14H16O4/c1-8(2)5-10-6-9(7-12(15)13(10)16)11-3-4-18-14(11)17/h3,6-8,15-16H,4-5H2,1-2H3. The number of carbonyl (C=O) groups is 1. The molecule has 18 heavy (non-hydrogen) atoms. The topological polar surface area (TPSA) is 66.8 Å². The lowest BCUT2D eigenvalue weighted by Gasteiger charge is -2.11. The first-order valence-corrected chi connectivity index (χ1v) is 5.91. The molecule has 0 amide bonds. The second-order valence-corrected chi connectivity index (χ2v) is 4.82. The number of phenols is 2. The minimum Gasteiger partial charge on any atom is -0.504 e. The lowest BCUT2D eigenvalue weighted by molar-refractivity contribution is -0.133. The highest BCUT2D eigenvalue weighted by Crippen LogP contribution is 2.35. The number of rotatable bonds is 3. The number of cyclic esters (lactones) is 1. The fourth-order valence-corrected chi connectivity index (χ4v) is 2.03. The van der Waals surface area contributed by atoms with Gasteiger partial charge in [0.2, 0.25) is 0 Å². The summed E-state index contributed by atoms with van der Waals surface area (Å²) >= 11 is 0. The van der Waals surface area contributed by atoms with Crippen LogP contribution in [0.4, 0.5) is 0 Å². The van der Waals surface area contributed by atoms with Crippen molar-refractivity contribution in [2.75, 3.05) is 6.61 Å². The van der Waals surface area contributed by atoms with Crippen molar-refractivity contribution >= 4 is 11.5 Å². The number of phenolic OH excluding ortho intramolecular Hbond substituents is 2. The molecule has 0 fully saturated rings. The van der Waals surface area contributed by atoms with Crippen molar-refractivity contribution in [2.24, 2.45) is 5.92 Å². The molecule has 1 aliphatic rings. The van der Waals surface area contributed by atoms with Gasteiger partial charge >= 0.3 is 5.97 Å². The largest absolute Gasteiger partial charge is 0.504 e. The van der Waals surface area contributed by atoms with E-state index in [0.717, 1.165) is 0 Å². The Balaban J connectivity index is 2.44. The number of hydrogen-bond donors (Lipinski definition) is 2. The van der Waals surface area contributed by atoms with E-state index in [-0.39, 0.29) is 18.1 Å². The van der Waals surface area contributed by atoms with E-state index < -0.39 is 5.97 Å². The van der Waals surface area contributed by atoms with Gasteiger partial charge in [0.1, 0.15) is 6.61 Å². The Labute approximate surface area is 106 Å². The molecule has 96 valence electrons. The van der Waals surface area contributed by atoms with Crippen LogP contribution >= 0.6 is 0 Å². The molecule has 1 heterocycles. The highest BCUT2D eigenvalue weighted by atomic mass is 16.5. The third-order valence-corrected chi connectivity index (χ3v) is 2.83. The van der Waals surface area contributed by atoms with E-state index in [1.807, 2.05) is 13.8 Å². The van der Waals surface area contributed by atoms with E-state index in [0.29, 0.717) is 29.0 Å². The van der Waals surface area contributed by atoms with Crippen molar-refractivity contribution in [3.63, 3.8) is 0 Å². The van der Waals surface area contributed by atoms with Crippen LogP contribution in [0.1, 0.15) is 25.0 Å². The third-order valence-electron chi connectivity index (χ3n) is 2.83. The van der Waals surface area contributed by atoms with Gasteiger partial charge in [0.15, 0.2) is 11.5 Å². The summed E-state index contributed by atoms with van der Waals surface area (Å²) in [5.74, 6) is -0.367. The number of aromatic hydroxyl groups is 2. The summed E-state index contributed by atoms with van der Waals surface area (Å²) in [4.78, 5) is 11.5. The summed E-state index contributed by atoms with van der Waals surface area (Å²) in [6.45, 7) is 4.30. The van der Waals surface area contributed by atoms with Crippen LogP contribution in [0.2, 0.25) is 0 Å². The van der Waals surface area contributed by atoms with Crippen molar-refractivity contribution in [1.82, 2.24) is 0 Å². The molecule has 0 unspecified atom stereocenters. The Morgan fingerprint density at radius 2 is 2.06 bits per heavy atom. The van der Waals surface area contributed by atoms with Crippen LogP contribution in [0.5, 0.6) is 11.5 Å². The molecule has 1 aromatic rings. The van der Waals surface area contributed by atoms with Gasteiger partial charge in [-0.1, -0.05) is 13.8 Å². The van der Waals surface area contributed by atoms with E-state index >= 15 is 0 Å². The molecule has 2 N–H and O–H groups in total. The second kappa shape index (κ2) is 4.72. The summed E-state index contributed by atoms with van der Waals surface area (Å²) in [6, 6.07) is 3.12. The fraction of sp³-hybridized carbons (Fsp3) is 0.357. The van der Waals surface area contributed by atoms with Crippen LogP contribution in [0, 0.1) is 5.92 Å². The van der Waals surface area contributed by atoms with Crippen LogP contribution in [-0.4, -0.2) is 22.8 Å². The fourth-order valence-electron chi connectivity index (χ4n) is 2.03. The quantitative estimate of drug-likeness (QED) is 0.636. The zero-order chi connectivity index (χ0) is 13.3. The zero-order valence-corrected chi connectivity index (χ0v) is 10.4. The third kappa shape index (κ3) is 2.32. The van der Waals surface area contributed by atoms with Crippen molar-refractivity contribution in [2.45, 2.75) is 20.3 Å². The maximum Gasteiger partial charge on any atom is 0.338 e. The molecular weight excluding hydrogens is 232 g/mol. The molecule has 2 rings (SSSR count). The predicted octanol–water partition coefficient (Wildman–Crippen LogP) is 2.24. The van der Waals surface area contributed by atoms with Crippen LogP contribution in [0.3, 0.4) is 0 Å². The van der Waals surface area contributed by atoms with Crippen LogP contribution in [0.25, 0.3) is 5.57 Å². The van der Waals surface area contributed by atoms with E-state index in [1.54, 1.807) is 12.1 Å². The summed E-state index contributed by atoms with van der Waals surface area (Å²) in [5.41, 5.74) is 1.67. The average molecular weight is 248 g/mol. The van der Waals surface area contributed by atoms with Crippen molar-refractivity contribution < 1.29 is 19.7 Å². The number of esters is 1. The van der Waals surface area contributed by atoms with Gasteiger partial charge in [-0.2, -0.15) is 0 Å². The smallest absolute Gasteiger partial charge is 0.338 e. The van der Waals surface area contributed by atoms with Gasteiger partial charge in [-0.05, 0) is 41.7 Å². The molecule has 0 aromatic heterocycles. The van der Waals surface area contributed by atoms with Gasteiger partial charge < -0.3 is 14.9 Å². The number of ether oxygens (including phenoxy) is 1. The van der Waals surface area contributed by atoms with Crippen LogP contribution < -0.4 is 0 Å². The molecule has 0 atom stereocenters. The Bertz CT molecular complexity index is 515. The van der Waals surface area contributed by atoms with Crippen LogP contribution in [-0.2, 0) is 16.0 Å². The Morgan fingerprint density at radius 1 is 1.33 bits per heavy atom. The molecule has 1 aliphatic heterocycles. The number of carbonyl (C=O) groups excluding carboxylic acids is 1. The maximum absolute atomic E-state index is 11.5. The molecule has 4 nitrogen and oxygen atoms in total. The summed E-state index contributed by atoms with van der Waals surface area (Å²) in [6.07, 6.45) is 2.31. The SMILES string of the molecule is CC(C)Cc1cc(C2=CCOC2=O)cc(O)c1O. The lowest BCUT2D eigenvalue weighted by Crippen LogP contribution is -2.01. The van der Waals surface area contributed by atoms with Crippen molar-refractivity contribution in [3.8, 4) is 11.5 Å². The number of benzene rings is 1. The Kier molecular flexibility index (Phi) is 3.28. The molecule has 0 saturated carbocycles. The first-order valence-electron chi connectivity index (χ1n) is 5.91. The molecule has 4 heteroatoms. The minimum atomic E-state index is -0.393. The van der Waals surface area contributed by atoms with Crippen LogP contribution in [0.15, 0.2) is 18.2 Å². The molecular formula is C14H16O4. The first-order chi connectivity index (χ1) is 8.49. The second-order valence-electron chi connectivity index (χ2n) is 4.82. The average Bonchev–Trinajstić information content (AvgIpc) is 2.70. The first kappa shape index (κ1) is 12.5. The Hall–Kier alpha value is -1.97. The Morgan fingerprint density at radius 3 is 2.61 bits per heavy atom. The molecule has 0 spiro atoms. The summed E-state index contributed by atoms with van der Waals surface area (Å²) < 4.78 is 4.84. The summed E-state index contributed by atoms with van der Waals surface area (Å²) in [7, 11) is 0. The van der Waals surface area contributed by atoms with Gasteiger partial charge in [0.25, 0.3) is 0 Å². The molecule has 0 radical (unpaired) electrons. The number of hydrogen-bond acceptors (Lipinski definition) is 4. The van der Waals surface area contributed by atoms with Gasteiger partial charge in [-0.15, -0.1) is 0 Å². The van der Waals surface area contributed by atoms with Crippen molar-refractivity contribution in [3.05, 3.63) is 29.3 Å². The molecule has 0 bridgehead atoms. The van der Waals surface area contributed by atoms with Crippen molar-refractivity contribution in [1.29, 1.82) is 0 Å². The minimum absolute atomic E-state index is 0.112. The molecule has 0 aliphatic carbocycles. The molecule has 0 saturated heterocycles. The lowest BCUT2D eigenvalue weighted by atomic mass is 9.96. The summed E-state index contributed by atoms with van der Waals surface area (Å²) in [5, 5.41) is 19.5. The highest BCUT2D eigenvalue weighted by molar-refractivity contribution is 6.18. The maximum atomic E-state index is 11.5. The highest BCUT2D eigenvalue weighted by Gasteiger charge is 2.21. The van der Waals surface area contributed by atoms with Gasteiger partial charge in [-0.25, -0.2) is 4.79 Å². The van der Waals surface area contributed by atoms with Gasteiger partial charge in [-0.3, -0.25) is 0 Å². The monoisotopic (exact) mass is 248 g/mol. The molecule has 1 aromatic carbocycles. The normalized spacial score (nSPS) is 14.8. The van der Waals surface area contributed by atoms with E-state index in [9.17, 15) is 15.0 Å².